The summed E-state index contributed by atoms with van der Waals surface area (Å²) in [6, 6.07) is 10.2. The molecule has 194 valence electrons. The van der Waals surface area contributed by atoms with Gasteiger partial charge in [0.2, 0.25) is 11.9 Å². The highest BCUT2D eigenvalue weighted by Gasteiger charge is 2.32. The lowest BCUT2D eigenvalue weighted by molar-refractivity contribution is -0.132. The largest absolute Gasteiger partial charge is 0.445 e. The van der Waals surface area contributed by atoms with Crippen molar-refractivity contribution in [2.24, 2.45) is 0 Å². The van der Waals surface area contributed by atoms with Gasteiger partial charge in [-0.2, -0.15) is 4.98 Å². The van der Waals surface area contributed by atoms with Crippen LogP contribution in [0.5, 0.6) is 0 Å². The number of carbonyl (C=O) groups excluding carboxylic acids is 1. The molecule has 2 atom stereocenters. The van der Waals surface area contributed by atoms with Gasteiger partial charge in [-0.1, -0.05) is 30.3 Å². The third-order valence-electron chi connectivity index (χ3n) is 7.63. The fourth-order valence-electron chi connectivity index (χ4n) is 5.53. The molecule has 2 saturated heterocycles. The van der Waals surface area contributed by atoms with Crippen LogP contribution in [0.1, 0.15) is 48.9 Å². The van der Waals surface area contributed by atoms with Gasteiger partial charge in [-0.05, 0) is 26.2 Å². The van der Waals surface area contributed by atoms with Gasteiger partial charge >= 0.3 is 0 Å². The van der Waals surface area contributed by atoms with Gasteiger partial charge in [0, 0.05) is 62.8 Å². The Morgan fingerprint density at radius 1 is 1.05 bits per heavy atom. The number of nitrogens with zero attached hydrogens (tertiary/aromatic N) is 5. The van der Waals surface area contributed by atoms with Crippen molar-refractivity contribution in [1.29, 1.82) is 0 Å². The Labute approximate surface area is 219 Å². The number of carbonyl (C=O) groups is 1. The molecule has 6 rings (SSSR count). The highest BCUT2D eigenvalue weighted by Crippen LogP contribution is 2.35. The van der Waals surface area contributed by atoms with Crippen molar-refractivity contribution >= 4 is 28.5 Å². The highest BCUT2D eigenvalue weighted by molar-refractivity contribution is 7.85. The summed E-state index contributed by atoms with van der Waals surface area (Å²) in [6.07, 6.45) is 3.76. The van der Waals surface area contributed by atoms with Crippen LogP contribution in [0, 0.1) is 6.92 Å². The number of aryl methyl sites for hydroxylation is 2. The van der Waals surface area contributed by atoms with E-state index < -0.39 is 10.8 Å². The molecule has 0 aliphatic carbocycles. The molecule has 2 aromatic heterocycles. The van der Waals surface area contributed by atoms with Crippen LogP contribution in [0.15, 0.2) is 39.6 Å². The standard InChI is InChI=1S/C27H32N6O3S/c1-17-23(18-6-4-3-5-7-18)30-26(36-17)19-10-13-33(14-11-19)27-29-21-12-15-37(35)24(21)25(31-27)28-20-8-9-22(34)32(2)16-20/h3-7,19-20H,8-16H2,1-2H3,(H,28,29,31)/t20-,37+/m0/s1. The molecule has 0 unspecified atom stereocenters. The summed E-state index contributed by atoms with van der Waals surface area (Å²) < 4.78 is 18.9. The van der Waals surface area contributed by atoms with Crippen LogP contribution in [-0.4, -0.2) is 68.4 Å². The Morgan fingerprint density at radius 3 is 2.59 bits per heavy atom. The van der Waals surface area contributed by atoms with Crippen LogP contribution in [-0.2, 0) is 22.0 Å². The van der Waals surface area contributed by atoms with Gasteiger partial charge in [0.05, 0.1) is 16.5 Å². The minimum atomic E-state index is -1.10. The molecular weight excluding hydrogens is 488 g/mol. The summed E-state index contributed by atoms with van der Waals surface area (Å²) in [5.41, 5.74) is 2.87. The fourth-order valence-corrected chi connectivity index (χ4v) is 6.84. The maximum Gasteiger partial charge on any atom is 0.227 e. The van der Waals surface area contributed by atoms with Crippen LogP contribution in [0.3, 0.4) is 0 Å². The summed E-state index contributed by atoms with van der Waals surface area (Å²) in [6.45, 7) is 4.19. The van der Waals surface area contributed by atoms with Crippen molar-refractivity contribution in [1.82, 2.24) is 19.9 Å². The zero-order valence-electron chi connectivity index (χ0n) is 21.3. The van der Waals surface area contributed by atoms with Crippen molar-refractivity contribution < 1.29 is 13.4 Å². The summed E-state index contributed by atoms with van der Waals surface area (Å²) in [5.74, 6) is 4.01. The number of amides is 1. The van der Waals surface area contributed by atoms with Crippen LogP contribution in [0.25, 0.3) is 11.3 Å². The monoisotopic (exact) mass is 520 g/mol. The van der Waals surface area contributed by atoms with Gasteiger partial charge in [-0.25, -0.2) is 9.97 Å². The van der Waals surface area contributed by atoms with Gasteiger partial charge in [0.15, 0.2) is 5.89 Å². The number of aromatic nitrogens is 3. The van der Waals surface area contributed by atoms with Crippen LogP contribution < -0.4 is 10.2 Å². The second-order valence-electron chi connectivity index (χ2n) is 10.2. The minimum absolute atomic E-state index is 0.0879. The normalized spacial score (nSPS) is 22.4. The van der Waals surface area contributed by atoms with E-state index in [2.05, 4.69) is 22.3 Å². The van der Waals surface area contributed by atoms with Gasteiger partial charge in [-0.15, -0.1) is 0 Å². The number of anilines is 2. The number of rotatable bonds is 5. The van der Waals surface area contributed by atoms with Gasteiger partial charge in [-0.3, -0.25) is 9.00 Å². The Bertz CT molecular complexity index is 1340. The summed E-state index contributed by atoms with van der Waals surface area (Å²) in [4.78, 5) is 31.2. The molecule has 3 aliphatic heterocycles. The lowest BCUT2D eigenvalue weighted by atomic mass is 9.97. The van der Waals surface area contributed by atoms with E-state index in [1.54, 1.807) is 4.90 Å². The summed E-state index contributed by atoms with van der Waals surface area (Å²) >= 11 is 0. The average molecular weight is 521 g/mol. The number of hydrogen-bond donors (Lipinski definition) is 1. The smallest absolute Gasteiger partial charge is 0.227 e. The number of piperidine rings is 2. The molecule has 2 fully saturated rings. The number of nitrogens with one attached hydrogen (secondary N) is 1. The molecule has 37 heavy (non-hydrogen) atoms. The first-order chi connectivity index (χ1) is 18.0. The molecule has 3 aliphatic rings. The molecule has 0 radical (unpaired) electrons. The Kier molecular flexibility index (Phi) is 6.44. The molecule has 0 spiro atoms. The van der Waals surface area contributed by atoms with E-state index in [4.69, 9.17) is 19.4 Å². The zero-order chi connectivity index (χ0) is 25.5. The van der Waals surface area contributed by atoms with Crippen LogP contribution >= 0.6 is 0 Å². The van der Waals surface area contributed by atoms with E-state index in [9.17, 15) is 9.00 Å². The topological polar surface area (TPSA) is 104 Å². The molecule has 3 aromatic rings. The second-order valence-corrected chi connectivity index (χ2v) is 11.7. The van der Waals surface area contributed by atoms with Crippen molar-refractivity contribution in [3.8, 4) is 11.3 Å². The Balaban J connectivity index is 1.18. The highest BCUT2D eigenvalue weighted by atomic mass is 32.2. The van der Waals surface area contributed by atoms with Crippen LogP contribution in [0.2, 0.25) is 0 Å². The predicted octanol–water partition coefficient (Wildman–Crippen LogP) is 3.52. The summed E-state index contributed by atoms with van der Waals surface area (Å²) in [7, 11) is 0.730. The van der Waals surface area contributed by atoms with Crippen molar-refractivity contribution in [3.05, 3.63) is 47.7 Å². The average Bonchev–Trinajstić information content (AvgIpc) is 3.49. The number of fused-ring (bicyclic) bond motifs is 1. The Hall–Kier alpha value is -3.27. The van der Waals surface area contributed by atoms with E-state index in [1.165, 1.54) is 0 Å². The SMILES string of the molecule is Cc1oc(C2CCN(c3nc4c(c(N[C@H]5CCC(=O)N(C)C5)n3)[S@](=O)CC4)CC2)nc1-c1ccccc1. The van der Waals surface area contributed by atoms with E-state index in [0.717, 1.165) is 65.8 Å². The fraction of sp³-hybridized carbons (Fsp3) is 0.481. The number of likely N-dealkylation sites (N-methyl/N-ethyl adjacent to an activating group) is 1. The molecule has 5 heterocycles. The van der Waals surface area contributed by atoms with E-state index in [1.807, 2.05) is 32.2 Å². The maximum atomic E-state index is 12.8. The molecule has 0 bridgehead atoms. The van der Waals surface area contributed by atoms with E-state index in [-0.39, 0.29) is 17.9 Å². The Morgan fingerprint density at radius 2 is 1.84 bits per heavy atom. The molecule has 0 saturated carbocycles. The van der Waals surface area contributed by atoms with Gasteiger partial charge in [0.1, 0.15) is 22.2 Å². The zero-order valence-corrected chi connectivity index (χ0v) is 22.1. The third kappa shape index (κ3) is 4.74. The minimum Gasteiger partial charge on any atom is -0.445 e. The first-order valence-electron chi connectivity index (χ1n) is 13.0. The molecule has 1 N–H and O–H groups in total. The molecule has 9 nitrogen and oxygen atoms in total. The second kappa shape index (κ2) is 9.89. The quantitative estimate of drug-likeness (QED) is 0.545. The molecule has 1 amide bonds. The van der Waals surface area contributed by atoms with E-state index in [0.29, 0.717) is 36.9 Å². The number of benzene rings is 1. The third-order valence-corrected chi connectivity index (χ3v) is 9.09. The number of likely N-dealkylation sites (tertiary alicyclic amines) is 1. The van der Waals surface area contributed by atoms with Crippen molar-refractivity contribution in [3.63, 3.8) is 0 Å². The van der Waals surface area contributed by atoms with Gasteiger partial charge < -0.3 is 19.5 Å². The van der Waals surface area contributed by atoms with Crippen molar-refractivity contribution in [2.45, 2.75) is 55.9 Å². The first kappa shape index (κ1) is 24.1. The lowest BCUT2D eigenvalue weighted by Crippen LogP contribution is -2.43. The molecular formula is C27H32N6O3S. The number of oxazole rings is 1. The number of hydrogen-bond acceptors (Lipinski definition) is 8. The predicted molar refractivity (Wildman–Crippen MR) is 142 cm³/mol. The van der Waals surface area contributed by atoms with E-state index >= 15 is 0 Å². The first-order valence-corrected chi connectivity index (χ1v) is 14.4. The lowest BCUT2D eigenvalue weighted by Gasteiger charge is -2.32. The van der Waals surface area contributed by atoms with Gasteiger partial charge in [0.25, 0.3) is 0 Å². The molecule has 1 aromatic carbocycles. The molecule has 10 heteroatoms. The summed E-state index contributed by atoms with van der Waals surface area (Å²) in [5, 5.41) is 3.51. The van der Waals surface area contributed by atoms with Crippen molar-refractivity contribution in [2.75, 3.05) is 42.7 Å². The van der Waals surface area contributed by atoms with Crippen LogP contribution in [0.4, 0.5) is 11.8 Å². The maximum absolute atomic E-state index is 12.8.